The van der Waals surface area contributed by atoms with Gasteiger partial charge in [-0.1, -0.05) is 13.8 Å². The lowest BCUT2D eigenvalue weighted by Gasteiger charge is -2.38. The fourth-order valence-corrected chi connectivity index (χ4v) is 2.65. The van der Waals surface area contributed by atoms with Crippen LogP contribution >= 0.6 is 0 Å². The second-order valence-corrected chi connectivity index (χ2v) is 5.16. The van der Waals surface area contributed by atoms with Crippen LogP contribution in [0.5, 0.6) is 0 Å². The second-order valence-electron chi connectivity index (χ2n) is 5.16. The number of hydrogen-bond donors (Lipinski definition) is 0. The molecule has 1 rings (SSSR count). The van der Waals surface area contributed by atoms with Crippen LogP contribution in [-0.2, 0) is 19.1 Å². The number of ether oxygens (including phenoxy) is 2. The van der Waals surface area contributed by atoms with Crippen LogP contribution in [0, 0.1) is 16.7 Å². The van der Waals surface area contributed by atoms with Crippen LogP contribution in [0.15, 0.2) is 0 Å². The van der Waals surface area contributed by atoms with Crippen molar-refractivity contribution < 1.29 is 19.1 Å². The highest BCUT2D eigenvalue weighted by molar-refractivity contribution is 5.82. The van der Waals surface area contributed by atoms with Gasteiger partial charge in [0.25, 0.3) is 0 Å². The van der Waals surface area contributed by atoms with Crippen LogP contribution in [0.1, 0.15) is 33.6 Å². The number of esters is 2. The summed E-state index contributed by atoms with van der Waals surface area (Å²) in [5.41, 5.74) is -1.05. The molecule has 0 aromatic carbocycles. The van der Waals surface area contributed by atoms with E-state index in [1.807, 2.05) is 20.8 Å². The third kappa shape index (κ3) is 1.60. The summed E-state index contributed by atoms with van der Waals surface area (Å²) in [5.74, 6) is -0.719. The molecule has 1 aliphatic rings. The molecule has 0 bridgehead atoms. The zero-order valence-corrected chi connectivity index (χ0v) is 10.6. The van der Waals surface area contributed by atoms with Crippen LogP contribution in [0.4, 0.5) is 0 Å². The molecule has 0 unspecified atom stereocenters. The zero-order chi connectivity index (χ0) is 12.6. The quantitative estimate of drug-likeness (QED) is 0.676. The number of carbonyl (C=O) groups excluding carboxylic acids is 2. The molecule has 4 nitrogen and oxygen atoms in total. The molecule has 0 N–H and O–H groups in total. The fourth-order valence-electron chi connectivity index (χ4n) is 2.65. The van der Waals surface area contributed by atoms with E-state index in [1.54, 1.807) is 0 Å². The Balaban J connectivity index is 3.03. The summed E-state index contributed by atoms with van der Waals surface area (Å²) in [5, 5.41) is 0. The first-order valence-electron chi connectivity index (χ1n) is 5.47. The van der Waals surface area contributed by atoms with Gasteiger partial charge in [0.15, 0.2) is 0 Å². The third-order valence-electron chi connectivity index (χ3n) is 4.35. The van der Waals surface area contributed by atoms with Crippen molar-refractivity contribution in [3.8, 4) is 0 Å². The van der Waals surface area contributed by atoms with Crippen molar-refractivity contribution in [1.29, 1.82) is 0 Å². The summed E-state index contributed by atoms with van der Waals surface area (Å²) < 4.78 is 9.63. The topological polar surface area (TPSA) is 52.6 Å². The normalized spacial score (nSPS) is 32.2. The average Bonchev–Trinajstić information content (AvgIpc) is 2.49. The first kappa shape index (κ1) is 13.0. The van der Waals surface area contributed by atoms with Gasteiger partial charge in [-0.3, -0.25) is 9.59 Å². The van der Waals surface area contributed by atoms with Crippen LogP contribution in [0.3, 0.4) is 0 Å². The number of hydrogen-bond acceptors (Lipinski definition) is 4. The molecule has 0 radical (unpaired) electrons. The van der Waals surface area contributed by atoms with Crippen LogP contribution in [-0.4, -0.2) is 26.2 Å². The van der Waals surface area contributed by atoms with Gasteiger partial charge in [-0.05, 0) is 25.2 Å². The van der Waals surface area contributed by atoms with Gasteiger partial charge in [0.1, 0.15) is 0 Å². The third-order valence-corrected chi connectivity index (χ3v) is 4.35. The van der Waals surface area contributed by atoms with Gasteiger partial charge >= 0.3 is 11.9 Å². The molecule has 0 heterocycles. The number of carbonyl (C=O) groups is 2. The molecule has 0 aliphatic heterocycles. The van der Waals surface area contributed by atoms with E-state index in [4.69, 9.17) is 9.47 Å². The van der Waals surface area contributed by atoms with E-state index in [9.17, 15) is 9.59 Å². The molecule has 0 spiro atoms. The molecule has 4 heteroatoms. The predicted molar refractivity (Wildman–Crippen MR) is 58.6 cm³/mol. The van der Waals surface area contributed by atoms with Gasteiger partial charge in [0.2, 0.25) is 0 Å². The first-order chi connectivity index (χ1) is 7.31. The lowest BCUT2D eigenvalue weighted by molar-refractivity contribution is -0.161. The molecule has 92 valence electrons. The van der Waals surface area contributed by atoms with E-state index in [-0.39, 0.29) is 17.9 Å². The Morgan fingerprint density at radius 2 is 1.69 bits per heavy atom. The maximum Gasteiger partial charge on any atom is 0.312 e. The molecule has 0 amide bonds. The Kier molecular flexibility index (Phi) is 3.31. The van der Waals surface area contributed by atoms with E-state index >= 15 is 0 Å². The van der Waals surface area contributed by atoms with Gasteiger partial charge in [0.05, 0.1) is 25.6 Å². The second kappa shape index (κ2) is 4.07. The maximum absolute atomic E-state index is 11.8. The predicted octanol–water partition coefficient (Wildman–Crippen LogP) is 1.77. The molecule has 1 saturated carbocycles. The van der Waals surface area contributed by atoms with Crippen molar-refractivity contribution in [3.05, 3.63) is 0 Å². The standard InChI is InChI=1S/C12H20O4/c1-11(2)8(9(13)15-4)6-7-12(11,3)10(14)16-5/h8H,6-7H2,1-5H3/t8-,12+/m1/s1. The van der Waals surface area contributed by atoms with Crippen molar-refractivity contribution in [1.82, 2.24) is 0 Å². The molecule has 1 aliphatic carbocycles. The smallest absolute Gasteiger partial charge is 0.312 e. The minimum absolute atomic E-state index is 0.235. The molecule has 0 saturated heterocycles. The lowest BCUT2D eigenvalue weighted by atomic mass is 9.65. The minimum atomic E-state index is -0.611. The monoisotopic (exact) mass is 228 g/mol. The highest BCUT2D eigenvalue weighted by atomic mass is 16.5. The Morgan fingerprint density at radius 3 is 2.12 bits per heavy atom. The molecular weight excluding hydrogens is 208 g/mol. The zero-order valence-electron chi connectivity index (χ0n) is 10.6. The summed E-state index contributed by atoms with van der Waals surface area (Å²) in [4.78, 5) is 23.5. The molecule has 2 atom stereocenters. The van der Waals surface area contributed by atoms with Crippen molar-refractivity contribution in [2.75, 3.05) is 14.2 Å². The van der Waals surface area contributed by atoms with Crippen molar-refractivity contribution >= 4 is 11.9 Å². The SMILES string of the molecule is COC(=O)[C@H]1CC[C@@](C)(C(=O)OC)C1(C)C. The van der Waals surface area contributed by atoms with Crippen molar-refractivity contribution in [2.45, 2.75) is 33.6 Å². The Hall–Kier alpha value is -1.06. The first-order valence-corrected chi connectivity index (χ1v) is 5.47. The molecule has 0 aromatic rings. The fraction of sp³-hybridized carbons (Fsp3) is 0.833. The Bertz CT molecular complexity index is 308. The molecular formula is C12H20O4. The van der Waals surface area contributed by atoms with Gasteiger partial charge in [-0.25, -0.2) is 0 Å². The van der Waals surface area contributed by atoms with E-state index in [2.05, 4.69) is 0 Å². The highest BCUT2D eigenvalue weighted by Crippen LogP contribution is 2.56. The van der Waals surface area contributed by atoms with E-state index in [1.165, 1.54) is 14.2 Å². The maximum atomic E-state index is 11.8. The van der Waals surface area contributed by atoms with Gasteiger partial charge in [-0.2, -0.15) is 0 Å². The Labute approximate surface area is 96.3 Å². The van der Waals surface area contributed by atoms with E-state index < -0.39 is 10.8 Å². The minimum Gasteiger partial charge on any atom is -0.469 e. The summed E-state index contributed by atoms with van der Waals surface area (Å²) in [6.07, 6.45) is 1.33. The van der Waals surface area contributed by atoms with E-state index in [0.29, 0.717) is 12.8 Å². The van der Waals surface area contributed by atoms with Gasteiger partial charge in [-0.15, -0.1) is 0 Å². The van der Waals surface area contributed by atoms with Gasteiger partial charge in [0, 0.05) is 0 Å². The summed E-state index contributed by atoms with van der Waals surface area (Å²) in [6.45, 7) is 5.72. The molecule has 0 aromatic heterocycles. The largest absolute Gasteiger partial charge is 0.469 e. The van der Waals surface area contributed by atoms with Crippen LogP contribution in [0.25, 0.3) is 0 Å². The van der Waals surface area contributed by atoms with Crippen molar-refractivity contribution in [3.63, 3.8) is 0 Å². The number of methoxy groups -OCH3 is 2. The summed E-state index contributed by atoms with van der Waals surface area (Å²) in [6, 6.07) is 0. The highest BCUT2D eigenvalue weighted by Gasteiger charge is 2.59. The molecule has 16 heavy (non-hydrogen) atoms. The summed E-state index contributed by atoms with van der Waals surface area (Å²) in [7, 11) is 2.77. The van der Waals surface area contributed by atoms with Crippen molar-refractivity contribution in [2.24, 2.45) is 16.7 Å². The van der Waals surface area contributed by atoms with Crippen LogP contribution < -0.4 is 0 Å². The summed E-state index contributed by atoms with van der Waals surface area (Å²) >= 11 is 0. The van der Waals surface area contributed by atoms with E-state index in [0.717, 1.165) is 0 Å². The number of rotatable bonds is 2. The Morgan fingerprint density at radius 1 is 1.12 bits per heavy atom. The average molecular weight is 228 g/mol. The van der Waals surface area contributed by atoms with Crippen LogP contribution in [0.2, 0.25) is 0 Å². The lowest BCUT2D eigenvalue weighted by Crippen LogP contribution is -2.43. The molecule has 1 fully saturated rings. The van der Waals surface area contributed by atoms with Gasteiger partial charge < -0.3 is 9.47 Å².